The Kier molecular flexibility index (Phi) is 5.37. The second-order valence-electron chi connectivity index (χ2n) is 6.47. The zero-order valence-corrected chi connectivity index (χ0v) is 14.8. The van der Waals surface area contributed by atoms with Gasteiger partial charge >= 0.3 is 0 Å². The minimum atomic E-state index is -0.937. The predicted octanol–water partition coefficient (Wildman–Crippen LogP) is 3.87. The molecule has 1 heterocycles. The molecular weight excluding hydrogens is 348 g/mol. The van der Waals surface area contributed by atoms with Crippen LogP contribution in [0.5, 0.6) is 0 Å². The normalized spacial score (nSPS) is 14.9. The van der Waals surface area contributed by atoms with E-state index in [9.17, 15) is 13.6 Å². The summed E-state index contributed by atoms with van der Waals surface area (Å²) in [6, 6.07) is 3.72. The second-order valence-corrected chi connectivity index (χ2v) is 6.83. The number of hydrogen-bond donors (Lipinski definition) is 0. The van der Waals surface area contributed by atoms with Crippen molar-refractivity contribution in [3.63, 3.8) is 0 Å². The molecule has 1 saturated carbocycles. The number of aromatic nitrogens is 2. The number of nitrogens with zero attached hydrogens (tertiary/aromatic N) is 3. The molecule has 0 bridgehead atoms. The molecule has 0 N–H and O–H groups in total. The number of carbonyl (C=O) groups excluding carboxylic acids is 1. The van der Waals surface area contributed by atoms with Crippen molar-refractivity contribution in [1.82, 2.24) is 14.7 Å². The van der Waals surface area contributed by atoms with Crippen LogP contribution in [-0.2, 0) is 24.8 Å². The molecule has 0 radical (unpaired) electrons. The third-order valence-electron chi connectivity index (χ3n) is 4.70. The Balaban J connectivity index is 1.79. The van der Waals surface area contributed by atoms with Crippen molar-refractivity contribution in [3.05, 3.63) is 52.3 Å². The maximum absolute atomic E-state index is 13.4. The molecule has 1 aromatic heterocycles. The molecule has 2 aromatic rings. The Bertz CT molecular complexity index is 772. The van der Waals surface area contributed by atoms with Crippen molar-refractivity contribution in [1.29, 1.82) is 0 Å². The Hall–Kier alpha value is -1.95. The average molecular weight is 368 g/mol. The number of benzene rings is 1. The molecule has 1 aromatic carbocycles. The fraction of sp³-hybridized carbons (Fsp3) is 0.444. The Labute approximate surface area is 150 Å². The molecule has 0 unspecified atom stereocenters. The fourth-order valence-corrected chi connectivity index (χ4v) is 3.47. The molecule has 3 rings (SSSR count). The third-order valence-corrected chi connectivity index (χ3v) is 5.19. The standard InChI is InChI=1S/C18H20ClF2N3O/c1-23-18(19)13(10-22-23)11-24(14-4-2-3-5-14)17(25)9-12-6-7-15(20)16(21)8-12/h6-8,10,14H,2-5,9,11H2,1H3. The Morgan fingerprint density at radius 1 is 1.32 bits per heavy atom. The van der Waals surface area contributed by atoms with Crippen LogP contribution in [0.4, 0.5) is 8.78 Å². The van der Waals surface area contributed by atoms with Gasteiger partial charge in [0.05, 0.1) is 19.2 Å². The van der Waals surface area contributed by atoms with Gasteiger partial charge in [-0.05, 0) is 30.5 Å². The van der Waals surface area contributed by atoms with Gasteiger partial charge in [-0.2, -0.15) is 5.10 Å². The van der Waals surface area contributed by atoms with E-state index in [1.165, 1.54) is 6.07 Å². The van der Waals surface area contributed by atoms with Crippen LogP contribution >= 0.6 is 11.6 Å². The van der Waals surface area contributed by atoms with E-state index in [1.807, 2.05) is 0 Å². The van der Waals surface area contributed by atoms with Gasteiger partial charge in [0, 0.05) is 18.7 Å². The first-order chi connectivity index (χ1) is 12.0. The molecule has 134 valence electrons. The highest BCUT2D eigenvalue weighted by molar-refractivity contribution is 6.30. The van der Waals surface area contributed by atoms with Crippen LogP contribution in [0, 0.1) is 11.6 Å². The summed E-state index contributed by atoms with van der Waals surface area (Å²) in [5.74, 6) is -1.96. The maximum Gasteiger partial charge on any atom is 0.227 e. The van der Waals surface area contributed by atoms with Gasteiger partial charge in [-0.25, -0.2) is 8.78 Å². The molecule has 1 amide bonds. The molecule has 25 heavy (non-hydrogen) atoms. The molecule has 0 atom stereocenters. The van der Waals surface area contributed by atoms with Crippen molar-refractivity contribution < 1.29 is 13.6 Å². The summed E-state index contributed by atoms with van der Waals surface area (Å²) < 4.78 is 28.0. The van der Waals surface area contributed by atoms with E-state index in [1.54, 1.807) is 22.8 Å². The SMILES string of the molecule is Cn1ncc(CN(C(=O)Cc2ccc(F)c(F)c2)C2CCCC2)c1Cl. The molecule has 1 fully saturated rings. The number of hydrogen-bond acceptors (Lipinski definition) is 2. The van der Waals surface area contributed by atoms with E-state index in [0.29, 0.717) is 17.3 Å². The average Bonchev–Trinajstić information content (AvgIpc) is 3.21. The second kappa shape index (κ2) is 7.52. The van der Waals surface area contributed by atoms with Gasteiger partial charge in [-0.3, -0.25) is 9.48 Å². The summed E-state index contributed by atoms with van der Waals surface area (Å²) in [5, 5.41) is 4.62. The van der Waals surface area contributed by atoms with Crippen LogP contribution < -0.4 is 0 Å². The van der Waals surface area contributed by atoms with E-state index in [4.69, 9.17) is 11.6 Å². The van der Waals surface area contributed by atoms with Gasteiger partial charge < -0.3 is 4.90 Å². The predicted molar refractivity (Wildman–Crippen MR) is 91.1 cm³/mol. The highest BCUT2D eigenvalue weighted by Gasteiger charge is 2.28. The van der Waals surface area contributed by atoms with Crippen LogP contribution in [0.2, 0.25) is 5.15 Å². The fourth-order valence-electron chi connectivity index (χ4n) is 3.32. The largest absolute Gasteiger partial charge is 0.335 e. The number of aryl methyl sites for hydroxylation is 1. The number of amides is 1. The summed E-state index contributed by atoms with van der Waals surface area (Å²) in [6.07, 6.45) is 5.75. The Morgan fingerprint density at radius 3 is 2.64 bits per heavy atom. The van der Waals surface area contributed by atoms with E-state index in [2.05, 4.69) is 5.10 Å². The van der Waals surface area contributed by atoms with E-state index >= 15 is 0 Å². The van der Waals surface area contributed by atoms with Crippen LogP contribution in [0.15, 0.2) is 24.4 Å². The van der Waals surface area contributed by atoms with Crippen LogP contribution in [0.3, 0.4) is 0 Å². The summed E-state index contributed by atoms with van der Waals surface area (Å²) >= 11 is 6.23. The van der Waals surface area contributed by atoms with Gasteiger partial charge in [0.1, 0.15) is 5.15 Å². The minimum Gasteiger partial charge on any atom is -0.335 e. The van der Waals surface area contributed by atoms with Crippen LogP contribution in [0.25, 0.3) is 0 Å². The lowest BCUT2D eigenvalue weighted by molar-refractivity contribution is -0.133. The summed E-state index contributed by atoms with van der Waals surface area (Å²) in [7, 11) is 1.74. The van der Waals surface area contributed by atoms with E-state index < -0.39 is 11.6 Å². The van der Waals surface area contributed by atoms with E-state index in [0.717, 1.165) is 43.4 Å². The summed E-state index contributed by atoms with van der Waals surface area (Å²) in [6.45, 7) is 0.375. The monoisotopic (exact) mass is 367 g/mol. The van der Waals surface area contributed by atoms with Crippen LogP contribution in [-0.4, -0.2) is 26.6 Å². The molecule has 7 heteroatoms. The summed E-state index contributed by atoms with van der Waals surface area (Å²) in [5.41, 5.74) is 1.25. The van der Waals surface area contributed by atoms with Gasteiger partial charge in [0.2, 0.25) is 5.91 Å². The van der Waals surface area contributed by atoms with Gasteiger partial charge in [0.25, 0.3) is 0 Å². The topological polar surface area (TPSA) is 38.1 Å². The molecule has 0 aliphatic heterocycles. The van der Waals surface area contributed by atoms with Crippen molar-refractivity contribution in [3.8, 4) is 0 Å². The quantitative estimate of drug-likeness (QED) is 0.804. The van der Waals surface area contributed by atoms with Gasteiger partial charge in [-0.15, -0.1) is 0 Å². The smallest absolute Gasteiger partial charge is 0.227 e. The molecule has 1 aliphatic rings. The van der Waals surface area contributed by atoms with Gasteiger partial charge in [-0.1, -0.05) is 30.5 Å². The van der Waals surface area contributed by atoms with Gasteiger partial charge in [0.15, 0.2) is 11.6 Å². The first kappa shape index (κ1) is 17.9. The lowest BCUT2D eigenvalue weighted by Gasteiger charge is -2.29. The molecule has 0 spiro atoms. The number of halogens is 3. The van der Waals surface area contributed by atoms with Crippen molar-refractivity contribution in [2.45, 2.75) is 44.7 Å². The molecule has 0 saturated heterocycles. The number of carbonyl (C=O) groups is 1. The lowest BCUT2D eigenvalue weighted by atomic mass is 10.1. The first-order valence-electron chi connectivity index (χ1n) is 8.35. The Morgan fingerprint density at radius 2 is 2.04 bits per heavy atom. The zero-order chi connectivity index (χ0) is 18.0. The molecular formula is C18H20ClF2N3O. The lowest BCUT2D eigenvalue weighted by Crippen LogP contribution is -2.39. The van der Waals surface area contributed by atoms with Crippen molar-refractivity contribution in [2.75, 3.05) is 0 Å². The third kappa shape index (κ3) is 4.00. The highest BCUT2D eigenvalue weighted by atomic mass is 35.5. The highest BCUT2D eigenvalue weighted by Crippen LogP contribution is 2.27. The minimum absolute atomic E-state index is 0.0333. The maximum atomic E-state index is 13.4. The van der Waals surface area contributed by atoms with Crippen molar-refractivity contribution >= 4 is 17.5 Å². The first-order valence-corrected chi connectivity index (χ1v) is 8.73. The number of rotatable bonds is 5. The van der Waals surface area contributed by atoms with E-state index in [-0.39, 0.29) is 18.4 Å². The zero-order valence-electron chi connectivity index (χ0n) is 14.0. The summed E-state index contributed by atoms with van der Waals surface area (Å²) in [4.78, 5) is 14.7. The molecule has 4 nitrogen and oxygen atoms in total. The molecule has 1 aliphatic carbocycles. The van der Waals surface area contributed by atoms with Crippen LogP contribution in [0.1, 0.15) is 36.8 Å². The van der Waals surface area contributed by atoms with Crippen molar-refractivity contribution in [2.24, 2.45) is 7.05 Å².